The zero-order valence-corrected chi connectivity index (χ0v) is 32.3. The maximum atomic E-state index is 6.42. The van der Waals surface area contributed by atoms with Crippen LogP contribution in [0.1, 0.15) is 22.6 Å². The Balaban J connectivity index is 0.964. The highest BCUT2D eigenvalue weighted by Crippen LogP contribution is 2.42. The Kier molecular flexibility index (Phi) is 7.67. The van der Waals surface area contributed by atoms with Gasteiger partial charge in [-0.2, -0.15) is 0 Å². The summed E-state index contributed by atoms with van der Waals surface area (Å²) < 4.78 is 8.86. The maximum Gasteiger partial charge on any atom is 0.137 e. The Labute approximate surface area is 342 Å². The van der Waals surface area contributed by atoms with Crippen LogP contribution in [0.25, 0.3) is 77.4 Å². The van der Waals surface area contributed by atoms with Crippen LogP contribution < -0.4 is 4.90 Å². The van der Waals surface area contributed by atoms with Gasteiger partial charge in [-0.25, -0.2) is 0 Å². The van der Waals surface area contributed by atoms with Crippen LogP contribution in [0.15, 0.2) is 211 Å². The van der Waals surface area contributed by atoms with Crippen molar-refractivity contribution in [1.82, 2.24) is 4.57 Å². The molecule has 9 aromatic carbocycles. The summed E-state index contributed by atoms with van der Waals surface area (Å²) >= 11 is 0. The van der Waals surface area contributed by atoms with E-state index in [0.29, 0.717) is 5.92 Å². The number of hydrogen-bond donors (Lipinski definition) is 0. The normalized spacial score (nSPS) is 13.8. The fraction of sp³-hybridized carbons (Fsp3) is 0.0357. The van der Waals surface area contributed by atoms with Gasteiger partial charge in [0, 0.05) is 56.2 Å². The van der Waals surface area contributed by atoms with Crippen LogP contribution in [0, 0.1) is 0 Å². The topological polar surface area (TPSA) is 21.3 Å². The minimum Gasteiger partial charge on any atom is -0.456 e. The molecule has 1 atom stereocenters. The van der Waals surface area contributed by atoms with Gasteiger partial charge in [0.1, 0.15) is 11.2 Å². The minimum absolute atomic E-state index is 0.340. The lowest BCUT2D eigenvalue weighted by Gasteiger charge is -2.27. The number of anilines is 3. The van der Waals surface area contributed by atoms with Gasteiger partial charge in [-0.1, -0.05) is 140 Å². The van der Waals surface area contributed by atoms with Crippen molar-refractivity contribution in [1.29, 1.82) is 0 Å². The van der Waals surface area contributed by atoms with E-state index < -0.39 is 0 Å². The number of rotatable bonds is 6. The number of furan rings is 1. The molecule has 3 nitrogen and oxygen atoms in total. The first kappa shape index (κ1) is 33.5. The van der Waals surface area contributed by atoms with E-state index in [1.54, 1.807) is 0 Å². The second-order valence-electron chi connectivity index (χ2n) is 15.7. The summed E-state index contributed by atoms with van der Waals surface area (Å²) in [6.07, 6.45) is 5.63. The predicted molar refractivity (Wildman–Crippen MR) is 248 cm³/mol. The molecule has 0 amide bonds. The van der Waals surface area contributed by atoms with Gasteiger partial charge >= 0.3 is 0 Å². The van der Waals surface area contributed by atoms with Gasteiger partial charge in [0.25, 0.3) is 0 Å². The van der Waals surface area contributed by atoms with Crippen LogP contribution in [0.4, 0.5) is 17.1 Å². The lowest BCUT2D eigenvalue weighted by atomic mass is 9.85. The van der Waals surface area contributed by atoms with Crippen LogP contribution in [-0.2, 0) is 6.42 Å². The summed E-state index contributed by atoms with van der Waals surface area (Å²) in [5, 5.41) is 7.26. The number of benzene rings is 9. The van der Waals surface area contributed by atoms with Crippen molar-refractivity contribution in [2.24, 2.45) is 0 Å². The molecule has 0 saturated heterocycles. The van der Waals surface area contributed by atoms with Gasteiger partial charge in [-0.3, -0.25) is 0 Å². The summed E-state index contributed by atoms with van der Waals surface area (Å²) in [7, 11) is 0. The van der Waals surface area contributed by atoms with E-state index in [1.807, 2.05) is 12.1 Å². The van der Waals surface area contributed by atoms with Gasteiger partial charge in [-0.15, -0.1) is 0 Å². The highest BCUT2D eigenvalue weighted by molar-refractivity contribution is 6.14. The monoisotopic (exact) mass is 754 g/mol. The Morgan fingerprint density at radius 3 is 2.00 bits per heavy atom. The fourth-order valence-electron chi connectivity index (χ4n) is 9.43. The molecule has 11 aromatic rings. The molecule has 0 aliphatic heterocycles. The SMILES string of the molecule is C1=CC(c2ccc(N(c3ccc(-c4ccccc4-n4c5ccccc5c5cc6ccccc6cc54)cc3)c3ccc4c(c3)oc3ccccc34)cc2)Cc2ccccc21. The quantitative estimate of drug-likeness (QED) is 0.169. The van der Waals surface area contributed by atoms with E-state index in [9.17, 15) is 0 Å². The first-order valence-electron chi connectivity index (χ1n) is 20.4. The van der Waals surface area contributed by atoms with Crippen molar-refractivity contribution >= 4 is 77.7 Å². The number of allylic oxidation sites excluding steroid dienone is 1. The van der Waals surface area contributed by atoms with Gasteiger partial charge in [0.15, 0.2) is 0 Å². The second kappa shape index (κ2) is 13.5. The first-order chi connectivity index (χ1) is 29.2. The second-order valence-corrected chi connectivity index (χ2v) is 15.7. The Hall–Kier alpha value is -7.62. The molecule has 0 radical (unpaired) electrons. The largest absolute Gasteiger partial charge is 0.456 e. The minimum atomic E-state index is 0.340. The molecule has 278 valence electrons. The van der Waals surface area contributed by atoms with Crippen molar-refractivity contribution in [2.45, 2.75) is 12.3 Å². The molecule has 0 bridgehead atoms. The molecule has 12 rings (SSSR count). The van der Waals surface area contributed by atoms with E-state index in [2.05, 4.69) is 210 Å². The molecule has 1 aliphatic rings. The molecule has 0 saturated carbocycles. The molecule has 2 heterocycles. The van der Waals surface area contributed by atoms with E-state index in [1.165, 1.54) is 54.8 Å². The molecule has 1 aliphatic carbocycles. The molecule has 0 N–H and O–H groups in total. The number of hydrogen-bond acceptors (Lipinski definition) is 2. The van der Waals surface area contributed by atoms with Gasteiger partial charge in [-0.05, 0) is 106 Å². The smallest absolute Gasteiger partial charge is 0.137 e. The van der Waals surface area contributed by atoms with Gasteiger partial charge < -0.3 is 13.9 Å². The zero-order valence-electron chi connectivity index (χ0n) is 32.3. The molecule has 0 spiro atoms. The number of para-hydroxylation sites is 3. The lowest BCUT2D eigenvalue weighted by Crippen LogP contribution is -2.10. The van der Waals surface area contributed by atoms with Crippen molar-refractivity contribution in [3.8, 4) is 16.8 Å². The van der Waals surface area contributed by atoms with Gasteiger partial charge in [0.05, 0.1) is 16.7 Å². The van der Waals surface area contributed by atoms with Crippen molar-refractivity contribution < 1.29 is 4.42 Å². The van der Waals surface area contributed by atoms with E-state index in [4.69, 9.17) is 4.42 Å². The predicted octanol–water partition coefficient (Wildman–Crippen LogP) is 15.3. The highest BCUT2D eigenvalue weighted by atomic mass is 16.3. The van der Waals surface area contributed by atoms with E-state index in [-0.39, 0.29) is 0 Å². The van der Waals surface area contributed by atoms with E-state index >= 15 is 0 Å². The molecule has 59 heavy (non-hydrogen) atoms. The van der Waals surface area contributed by atoms with Gasteiger partial charge in [0.2, 0.25) is 0 Å². The Morgan fingerprint density at radius 2 is 1.14 bits per heavy atom. The summed E-state index contributed by atoms with van der Waals surface area (Å²) in [5.74, 6) is 0.340. The molecule has 0 fully saturated rings. The van der Waals surface area contributed by atoms with Crippen molar-refractivity contribution in [3.05, 3.63) is 223 Å². The summed E-state index contributed by atoms with van der Waals surface area (Å²) in [6.45, 7) is 0. The number of fused-ring (bicyclic) bond motifs is 8. The van der Waals surface area contributed by atoms with Crippen LogP contribution in [0.3, 0.4) is 0 Å². The number of nitrogens with zero attached hydrogens (tertiary/aromatic N) is 2. The number of aromatic nitrogens is 1. The zero-order chi connectivity index (χ0) is 38.9. The first-order valence-corrected chi connectivity index (χ1v) is 20.4. The molecular formula is C56H38N2O. The molecule has 3 heteroatoms. The highest BCUT2D eigenvalue weighted by Gasteiger charge is 2.20. The van der Waals surface area contributed by atoms with Crippen LogP contribution in [0.5, 0.6) is 0 Å². The molecular weight excluding hydrogens is 717 g/mol. The van der Waals surface area contributed by atoms with Crippen LogP contribution in [-0.4, -0.2) is 4.57 Å². The fourth-order valence-corrected chi connectivity index (χ4v) is 9.43. The third-order valence-electron chi connectivity index (χ3n) is 12.3. The Bertz CT molecular complexity index is 3420. The maximum absolute atomic E-state index is 6.42. The molecule has 2 aromatic heterocycles. The van der Waals surface area contributed by atoms with Crippen LogP contribution >= 0.6 is 0 Å². The molecule has 1 unspecified atom stereocenters. The summed E-state index contributed by atoms with van der Waals surface area (Å²) in [6, 6.07) is 72.7. The average molecular weight is 755 g/mol. The lowest BCUT2D eigenvalue weighted by molar-refractivity contribution is 0.669. The third kappa shape index (κ3) is 5.58. The van der Waals surface area contributed by atoms with Crippen molar-refractivity contribution in [2.75, 3.05) is 4.90 Å². The third-order valence-corrected chi connectivity index (χ3v) is 12.3. The van der Waals surface area contributed by atoms with Crippen LogP contribution in [0.2, 0.25) is 0 Å². The summed E-state index contributed by atoms with van der Waals surface area (Å²) in [5.41, 5.74) is 14.9. The van der Waals surface area contributed by atoms with E-state index in [0.717, 1.165) is 56.7 Å². The Morgan fingerprint density at radius 1 is 0.475 bits per heavy atom. The average Bonchev–Trinajstić information content (AvgIpc) is 3.83. The summed E-state index contributed by atoms with van der Waals surface area (Å²) in [4.78, 5) is 2.34. The van der Waals surface area contributed by atoms with Crippen molar-refractivity contribution in [3.63, 3.8) is 0 Å². The standard InChI is InChI=1S/C56H38N2O/c1-2-12-40-33-43(22-21-37(40)11-1)38-23-27-44(28-24-38)57(46-31-32-50-49-17-7-10-20-55(49)59-56(50)36-46)45-29-25-39(26-30-45)47-15-5-8-18-52(47)58-53-19-9-6-16-48(53)51-34-41-13-3-4-14-42(41)35-54(51)58/h1-32,34-36,43H,33H2.